The molecule has 1 saturated carbocycles. The number of hydrogen-bond acceptors (Lipinski definition) is 4. The highest BCUT2D eigenvalue weighted by Crippen LogP contribution is 2.22. The molecular formula is C13H23N3O3. The van der Waals surface area contributed by atoms with Crippen molar-refractivity contribution >= 4 is 12.0 Å². The first kappa shape index (κ1) is 14.1. The molecule has 1 unspecified atom stereocenters. The third kappa shape index (κ3) is 3.83. The van der Waals surface area contributed by atoms with E-state index in [9.17, 15) is 9.59 Å². The van der Waals surface area contributed by atoms with Crippen molar-refractivity contribution in [3.8, 4) is 0 Å². The van der Waals surface area contributed by atoms with Crippen LogP contribution in [0.5, 0.6) is 0 Å². The van der Waals surface area contributed by atoms with Crippen LogP contribution in [0.2, 0.25) is 0 Å². The van der Waals surface area contributed by atoms with Crippen molar-refractivity contribution in [2.24, 2.45) is 0 Å². The third-order valence-electron chi connectivity index (χ3n) is 3.24. The standard InChI is InChI=1S/C13H23N3O3/c1-12(2,3)19-11(18)16-13(6-7-14-8-13)10(17)15-9-4-5-9/h9,14H,4-8H2,1-3H3,(H,15,17)(H,16,18). The van der Waals surface area contributed by atoms with Crippen molar-refractivity contribution in [3.63, 3.8) is 0 Å². The number of carbonyl (C=O) groups is 2. The number of rotatable bonds is 3. The van der Waals surface area contributed by atoms with Crippen LogP contribution in [0.1, 0.15) is 40.0 Å². The molecule has 6 heteroatoms. The SMILES string of the molecule is CC(C)(C)OC(=O)NC1(C(=O)NC2CC2)CCNC1. The Morgan fingerprint density at radius 2 is 2.00 bits per heavy atom. The second kappa shape index (κ2) is 5.00. The summed E-state index contributed by atoms with van der Waals surface area (Å²) in [5.74, 6) is -0.106. The van der Waals surface area contributed by atoms with Gasteiger partial charge in [-0.1, -0.05) is 0 Å². The summed E-state index contributed by atoms with van der Waals surface area (Å²) in [6, 6.07) is 0.283. The van der Waals surface area contributed by atoms with Crippen LogP contribution in [0, 0.1) is 0 Å². The fraction of sp³-hybridized carbons (Fsp3) is 0.846. The Morgan fingerprint density at radius 1 is 1.32 bits per heavy atom. The minimum atomic E-state index is -0.870. The van der Waals surface area contributed by atoms with Crippen molar-refractivity contribution in [2.45, 2.75) is 57.2 Å². The molecule has 1 aliphatic carbocycles. The maximum Gasteiger partial charge on any atom is 0.408 e. The smallest absolute Gasteiger partial charge is 0.408 e. The highest BCUT2D eigenvalue weighted by atomic mass is 16.6. The fourth-order valence-corrected chi connectivity index (χ4v) is 2.10. The zero-order valence-corrected chi connectivity index (χ0v) is 11.8. The summed E-state index contributed by atoms with van der Waals surface area (Å²) in [6.45, 7) is 6.57. The molecule has 1 saturated heterocycles. The van der Waals surface area contributed by atoms with E-state index in [2.05, 4.69) is 16.0 Å². The summed E-state index contributed by atoms with van der Waals surface area (Å²) in [4.78, 5) is 24.2. The monoisotopic (exact) mass is 269 g/mol. The van der Waals surface area contributed by atoms with Gasteiger partial charge in [0.2, 0.25) is 5.91 Å². The van der Waals surface area contributed by atoms with Gasteiger partial charge in [0.25, 0.3) is 0 Å². The Labute approximate surface area is 113 Å². The number of hydrogen-bond donors (Lipinski definition) is 3. The van der Waals surface area contributed by atoms with E-state index in [0.717, 1.165) is 12.8 Å². The van der Waals surface area contributed by atoms with E-state index in [0.29, 0.717) is 19.5 Å². The first-order valence-corrected chi connectivity index (χ1v) is 6.84. The van der Waals surface area contributed by atoms with Gasteiger partial charge < -0.3 is 20.7 Å². The molecule has 0 spiro atoms. The lowest BCUT2D eigenvalue weighted by Gasteiger charge is -2.30. The number of carbonyl (C=O) groups excluding carboxylic acids is 2. The van der Waals surface area contributed by atoms with Gasteiger partial charge in [0, 0.05) is 12.6 Å². The average Bonchev–Trinajstić information content (AvgIpc) is 2.93. The maximum absolute atomic E-state index is 12.3. The lowest BCUT2D eigenvalue weighted by molar-refractivity contribution is -0.127. The van der Waals surface area contributed by atoms with E-state index in [4.69, 9.17) is 4.74 Å². The van der Waals surface area contributed by atoms with Crippen molar-refractivity contribution in [2.75, 3.05) is 13.1 Å². The van der Waals surface area contributed by atoms with Gasteiger partial charge in [-0.15, -0.1) is 0 Å². The molecule has 19 heavy (non-hydrogen) atoms. The topological polar surface area (TPSA) is 79.5 Å². The molecule has 0 bridgehead atoms. The lowest BCUT2D eigenvalue weighted by atomic mass is 9.97. The number of nitrogens with one attached hydrogen (secondary N) is 3. The normalized spacial score (nSPS) is 26.9. The molecule has 2 aliphatic rings. The van der Waals surface area contributed by atoms with Crippen molar-refractivity contribution < 1.29 is 14.3 Å². The van der Waals surface area contributed by atoms with Crippen LogP contribution in [0.15, 0.2) is 0 Å². The first-order chi connectivity index (χ1) is 8.81. The summed E-state index contributed by atoms with van der Waals surface area (Å²) in [6.07, 6.45) is 2.11. The largest absolute Gasteiger partial charge is 0.444 e. The quantitative estimate of drug-likeness (QED) is 0.698. The van der Waals surface area contributed by atoms with Crippen LogP contribution in [0.3, 0.4) is 0 Å². The maximum atomic E-state index is 12.3. The Balaban J connectivity index is 1.98. The molecule has 0 aromatic carbocycles. The van der Waals surface area contributed by atoms with E-state index in [1.54, 1.807) is 20.8 Å². The van der Waals surface area contributed by atoms with E-state index in [1.807, 2.05) is 0 Å². The molecule has 0 aromatic heterocycles. The zero-order valence-electron chi connectivity index (χ0n) is 11.8. The summed E-state index contributed by atoms with van der Waals surface area (Å²) >= 11 is 0. The van der Waals surface area contributed by atoms with Crippen LogP contribution in [0.4, 0.5) is 4.79 Å². The van der Waals surface area contributed by atoms with Gasteiger partial charge in [0.1, 0.15) is 11.1 Å². The van der Waals surface area contributed by atoms with Crippen molar-refractivity contribution in [1.82, 2.24) is 16.0 Å². The average molecular weight is 269 g/mol. The Morgan fingerprint density at radius 3 is 2.47 bits per heavy atom. The number of alkyl carbamates (subject to hydrolysis) is 1. The molecule has 1 atom stereocenters. The van der Waals surface area contributed by atoms with Crippen LogP contribution >= 0.6 is 0 Å². The molecule has 2 amide bonds. The Bertz CT molecular complexity index is 366. The zero-order chi connectivity index (χ0) is 14.1. The van der Waals surface area contributed by atoms with Gasteiger partial charge in [-0.3, -0.25) is 4.79 Å². The van der Waals surface area contributed by atoms with Crippen LogP contribution in [-0.2, 0) is 9.53 Å². The van der Waals surface area contributed by atoms with Gasteiger partial charge in [-0.05, 0) is 46.6 Å². The van der Waals surface area contributed by atoms with Gasteiger partial charge in [0.15, 0.2) is 0 Å². The van der Waals surface area contributed by atoms with E-state index in [-0.39, 0.29) is 11.9 Å². The van der Waals surface area contributed by atoms with Gasteiger partial charge in [0.05, 0.1) is 0 Å². The molecular weight excluding hydrogens is 246 g/mol. The molecule has 6 nitrogen and oxygen atoms in total. The second-order valence-corrected chi connectivity index (χ2v) is 6.38. The van der Waals surface area contributed by atoms with Crippen LogP contribution in [0.25, 0.3) is 0 Å². The summed E-state index contributed by atoms with van der Waals surface area (Å²) < 4.78 is 5.24. The molecule has 1 aliphatic heterocycles. The first-order valence-electron chi connectivity index (χ1n) is 6.84. The highest BCUT2D eigenvalue weighted by Gasteiger charge is 2.45. The van der Waals surface area contributed by atoms with E-state index in [1.165, 1.54) is 0 Å². The highest BCUT2D eigenvalue weighted by molar-refractivity contribution is 5.91. The molecule has 2 fully saturated rings. The minimum Gasteiger partial charge on any atom is -0.444 e. The Kier molecular flexibility index (Phi) is 3.71. The second-order valence-electron chi connectivity index (χ2n) is 6.38. The van der Waals surface area contributed by atoms with Crippen LogP contribution < -0.4 is 16.0 Å². The predicted molar refractivity (Wildman–Crippen MR) is 70.8 cm³/mol. The summed E-state index contributed by atoms with van der Waals surface area (Å²) in [5, 5.41) is 8.83. The van der Waals surface area contributed by atoms with Crippen LogP contribution in [-0.4, -0.2) is 42.3 Å². The molecule has 1 heterocycles. The van der Waals surface area contributed by atoms with Gasteiger partial charge >= 0.3 is 6.09 Å². The number of amides is 2. The number of ether oxygens (including phenoxy) is 1. The molecule has 108 valence electrons. The minimum absolute atomic E-state index is 0.106. The molecule has 0 aromatic rings. The summed E-state index contributed by atoms with van der Waals surface area (Å²) in [5.41, 5.74) is -1.44. The van der Waals surface area contributed by atoms with Crippen molar-refractivity contribution in [3.05, 3.63) is 0 Å². The van der Waals surface area contributed by atoms with Gasteiger partial charge in [-0.2, -0.15) is 0 Å². The van der Waals surface area contributed by atoms with Crippen molar-refractivity contribution in [1.29, 1.82) is 0 Å². The summed E-state index contributed by atoms with van der Waals surface area (Å²) in [7, 11) is 0. The van der Waals surface area contributed by atoms with E-state index < -0.39 is 17.2 Å². The van der Waals surface area contributed by atoms with Gasteiger partial charge in [-0.25, -0.2) is 4.79 Å². The third-order valence-corrected chi connectivity index (χ3v) is 3.24. The molecule has 0 radical (unpaired) electrons. The molecule has 3 N–H and O–H groups in total. The Hall–Kier alpha value is -1.30. The lowest BCUT2D eigenvalue weighted by Crippen LogP contribution is -2.61. The predicted octanol–water partition coefficient (Wildman–Crippen LogP) is 0.522. The molecule has 2 rings (SSSR count). The van der Waals surface area contributed by atoms with E-state index >= 15 is 0 Å². The fourth-order valence-electron chi connectivity index (χ4n) is 2.10.